The van der Waals surface area contributed by atoms with Gasteiger partial charge in [0.15, 0.2) is 0 Å². The van der Waals surface area contributed by atoms with E-state index >= 15 is 0 Å². The highest BCUT2D eigenvalue weighted by molar-refractivity contribution is 5.75. The molecule has 0 rings (SSSR count). The third-order valence-corrected chi connectivity index (χ3v) is 2.38. The maximum absolute atomic E-state index is 11.5. The zero-order valence-corrected chi connectivity index (χ0v) is 14.5. The van der Waals surface area contributed by atoms with Crippen LogP contribution >= 0.6 is 0 Å². The number of hydrogen-bond donors (Lipinski definition) is 0. The lowest BCUT2D eigenvalue weighted by Crippen LogP contribution is -2.23. The Morgan fingerprint density at radius 1 is 0.727 bits per heavy atom. The van der Waals surface area contributed by atoms with Crippen molar-refractivity contribution in [2.75, 3.05) is 13.2 Å². The molecule has 0 aromatic heterocycles. The second-order valence-electron chi connectivity index (χ2n) is 6.88. The Hall–Kier alpha value is -1.94. The fourth-order valence-electron chi connectivity index (χ4n) is 1.04. The van der Waals surface area contributed by atoms with Crippen LogP contribution in [0.15, 0.2) is 0 Å². The highest BCUT2D eigenvalue weighted by Crippen LogP contribution is 2.15. The Morgan fingerprint density at radius 2 is 1.05 bits per heavy atom. The number of esters is 2. The van der Waals surface area contributed by atoms with Crippen molar-refractivity contribution in [3.8, 4) is 23.7 Å². The Morgan fingerprint density at radius 3 is 1.32 bits per heavy atom. The molecule has 0 fully saturated rings. The van der Waals surface area contributed by atoms with Crippen LogP contribution in [0.1, 0.15) is 54.4 Å². The summed E-state index contributed by atoms with van der Waals surface area (Å²) in [6.07, 6.45) is 0.908. The van der Waals surface area contributed by atoms with Crippen LogP contribution in [0.2, 0.25) is 0 Å². The summed E-state index contributed by atoms with van der Waals surface area (Å²) in [5, 5.41) is 0. The molecule has 0 aliphatic carbocycles. The van der Waals surface area contributed by atoms with Crippen LogP contribution in [-0.4, -0.2) is 25.2 Å². The van der Waals surface area contributed by atoms with Crippen LogP contribution in [-0.2, 0) is 19.1 Å². The van der Waals surface area contributed by atoms with E-state index in [-0.39, 0.29) is 25.2 Å². The van der Waals surface area contributed by atoms with Crippen molar-refractivity contribution in [1.29, 1.82) is 0 Å². The monoisotopic (exact) mass is 306 g/mol. The third kappa shape index (κ3) is 9.88. The van der Waals surface area contributed by atoms with Crippen LogP contribution in [0.3, 0.4) is 0 Å². The molecule has 0 bridgehead atoms. The molecule has 0 unspecified atom stereocenters. The molecular weight excluding hydrogens is 280 g/mol. The minimum absolute atomic E-state index is 0.235. The smallest absolute Gasteiger partial charge is 0.311 e. The molecule has 0 saturated heterocycles. The first-order valence-corrected chi connectivity index (χ1v) is 7.35. The first-order valence-electron chi connectivity index (χ1n) is 7.35. The molecule has 4 nitrogen and oxygen atoms in total. The van der Waals surface area contributed by atoms with Crippen molar-refractivity contribution in [1.82, 2.24) is 0 Å². The molecule has 0 aliphatic rings. The summed E-state index contributed by atoms with van der Waals surface area (Å²) >= 11 is 0. The van der Waals surface area contributed by atoms with Gasteiger partial charge in [0.05, 0.1) is 10.8 Å². The summed E-state index contributed by atoms with van der Waals surface area (Å²) in [6.45, 7) is 11.4. The summed E-state index contributed by atoms with van der Waals surface area (Å²) < 4.78 is 10.1. The van der Waals surface area contributed by atoms with Gasteiger partial charge < -0.3 is 9.47 Å². The zero-order chi connectivity index (χ0) is 17.2. The van der Waals surface area contributed by atoms with Gasteiger partial charge in [0, 0.05) is 12.8 Å². The lowest BCUT2D eigenvalue weighted by atomic mass is 9.97. The van der Waals surface area contributed by atoms with E-state index in [1.807, 2.05) is 0 Å². The quantitative estimate of drug-likeness (QED) is 0.455. The number of ether oxygens (including phenoxy) is 2. The molecule has 0 amide bonds. The SMILES string of the molecule is CC(C)(C)C(=O)OCCC#CC#CCCOC(=O)C(C)(C)C. The standard InChI is InChI=1S/C18H26O4/c1-17(2,3)15(19)21-13-11-9-7-8-10-12-14-22-16(20)18(4,5)6/h11-14H2,1-6H3. The molecule has 0 atom stereocenters. The average Bonchev–Trinajstić information content (AvgIpc) is 2.38. The minimum atomic E-state index is -0.488. The summed E-state index contributed by atoms with van der Waals surface area (Å²) in [4.78, 5) is 22.9. The van der Waals surface area contributed by atoms with Crippen LogP contribution < -0.4 is 0 Å². The van der Waals surface area contributed by atoms with Crippen molar-refractivity contribution >= 4 is 11.9 Å². The first-order chi connectivity index (χ1) is 10.0. The van der Waals surface area contributed by atoms with Crippen LogP contribution in [0, 0.1) is 34.5 Å². The third-order valence-electron chi connectivity index (χ3n) is 2.38. The van der Waals surface area contributed by atoms with Crippen molar-refractivity contribution < 1.29 is 19.1 Å². The normalized spacial score (nSPS) is 10.6. The Labute approximate surface area is 133 Å². The number of hydrogen-bond acceptors (Lipinski definition) is 4. The predicted molar refractivity (Wildman–Crippen MR) is 85.6 cm³/mol. The van der Waals surface area contributed by atoms with Gasteiger partial charge in [0.1, 0.15) is 13.2 Å². The van der Waals surface area contributed by atoms with Gasteiger partial charge in [-0.05, 0) is 53.4 Å². The zero-order valence-electron chi connectivity index (χ0n) is 14.5. The maximum Gasteiger partial charge on any atom is 0.311 e. The van der Waals surface area contributed by atoms with E-state index in [1.165, 1.54) is 0 Å². The fourth-order valence-corrected chi connectivity index (χ4v) is 1.04. The highest BCUT2D eigenvalue weighted by atomic mass is 16.5. The van der Waals surface area contributed by atoms with E-state index in [0.717, 1.165) is 0 Å². The van der Waals surface area contributed by atoms with Gasteiger partial charge in [0.2, 0.25) is 0 Å². The number of carbonyl (C=O) groups is 2. The van der Waals surface area contributed by atoms with Gasteiger partial charge in [-0.15, -0.1) is 0 Å². The Bertz CT molecular complexity index is 448. The summed E-state index contributed by atoms with van der Waals surface area (Å²) in [7, 11) is 0. The molecule has 0 saturated carbocycles. The van der Waals surface area contributed by atoms with Crippen molar-refractivity contribution in [3.63, 3.8) is 0 Å². The number of carbonyl (C=O) groups excluding carboxylic acids is 2. The van der Waals surface area contributed by atoms with E-state index < -0.39 is 10.8 Å². The van der Waals surface area contributed by atoms with Crippen molar-refractivity contribution in [3.05, 3.63) is 0 Å². The molecule has 0 N–H and O–H groups in total. The lowest BCUT2D eigenvalue weighted by Gasteiger charge is -2.15. The van der Waals surface area contributed by atoms with Gasteiger partial charge in [-0.3, -0.25) is 9.59 Å². The minimum Gasteiger partial charge on any atom is -0.464 e. The van der Waals surface area contributed by atoms with E-state index in [9.17, 15) is 9.59 Å². The second kappa shape index (κ2) is 9.15. The molecule has 0 aromatic carbocycles. The van der Waals surface area contributed by atoms with Crippen molar-refractivity contribution in [2.45, 2.75) is 54.4 Å². The highest BCUT2D eigenvalue weighted by Gasteiger charge is 2.23. The molecule has 0 aromatic rings. The molecular formula is C18H26O4. The van der Waals surface area contributed by atoms with Gasteiger partial charge in [-0.2, -0.15) is 0 Å². The number of rotatable bonds is 4. The van der Waals surface area contributed by atoms with E-state index in [2.05, 4.69) is 23.7 Å². The molecule has 0 aliphatic heterocycles. The van der Waals surface area contributed by atoms with Crippen LogP contribution in [0.5, 0.6) is 0 Å². The lowest BCUT2D eigenvalue weighted by molar-refractivity contribution is -0.153. The first kappa shape index (κ1) is 20.1. The predicted octanol–water partition coefficient (Wildman–Crippen LogP) is 2.95. The summed E-state index contributed by atoms with van der Waals surface area (Å²) in [6, 6.07) is 0. The molecule has 122 valence electrons. The van der Waals surface area contributed by atoms with Crippen LogP contribution in [0.25, 0.3) is 0 Å². The largest absolute Gasteiger partial charge is 0.464 e. The van der Waals surface area contributed by atoms with E-state index in [0.29, 0.717) is 12.8 Å². The van der Waals surface area contributed by atoms with Gasteiger partial charge in [-0.1, -0.05) is 11.8 Å². The Balaban J connectivity index is 3.82. The molecule has 0 heterocycles. The molecule has 0 spiro atoms. The van der Waals surface area contributed by atoms with Gasteiger partial charge >= 0.3 is 11.9 Å². The maximum atomic E-state index is 11.5. The molecule has 22 heavy (non-hydrogen) atoms. The summed E-state index contributed by atoms with van der Waals surface area (Å²) in [5.74, 6) is 10.5. The van der Waals surface area contributed by atoms with E-state index in [4.69, 9.17) is 9.47 Å². The Kier molecular flexibility index (Phi) is 8.35. The van der Waals surface area contributed by atoms with Gasteiger partial charge in [0.25, 0.3) is 0 Å². The van der Waals surface area contributed by atoms with Crippen molar-refractivity contribution in [2.24, 2.45) is 10.8 Å². The summed E-state index contributed by atoms with van der Waals surface area (Å²) in [5.41, 5.74) is -0.977. The van der Waals surface area contributed by atoms with E-state index in [1.54, 1.807) is 41.5 Å². The second-order valence-corrected chi connectivity index (χ2v) is 6.88. The topological polar surface area (TPSA) is 52.6 Å². The van der Waals surface area contributed by atoms with Gasteiger partial charge in [-0.25, -0.2) is 0 Å². The molecule has 4 heteroatoms. The fraction of sp³-hybridized carbons (Fsp3) is 0.667. The molecule has 0 radical (unpaired) electrons. The average molecular weight is 306 g/mol. The van der Waals surface area contributed by atoms with Crippen LogP contribution in [0.4, 0.5) is 0 Å².